The Morgan fingerprint density at radius 1 is 1.14 bits per heavy atom. The molecule has 1 heterocycles. The molecule has 2 aliphatic rings. The topological polar surface area (TPSA) is 18.5 Å². The zero-order valence-corrected chi connectivity index (χ0v) is 13.1. The van der Waals surface area contributed by atoms with Gasteiger partial charge < -0.3 is 9.47 Å². The van der Waals surface area contributed by atoms with Gasteiger partial charge in [-0.2, -0.15) is 0 Å². The van der Waals surface area contributed by atoms with E-state index in [-0.39, 0.29) is 6.29 Å². The number of allylic oxidation sites excluding steroid dienone is 2. The molecule has 1 saturated heterocycles. The van der Waals surface area contributed by atoms with E-state index in [1.54, 1.807) is 13.0 Å². The van der Waals surface area contributed by atoms with Gasteiger partial charge in [0.05, 0.1) is 13.2 Å². The second kappa shape index (κ2) is 6.47. The van der Waals surface area contributed by atoms with Gasteiger partial charge in [-0.05, 0) is 55.0 Å². The van der Waals surface area contributed by atoms with Gasteiger partial charge in [0.2, 0.25) is 0 Å². The molecule has 1 aliphatic heterocycles. The van der Waals surface area contributed by atoms with E-state index in [1.807, 2.05) is 0 Å². The van der Waals surface area contributed by atoms with Gasteiger partial charge in [-0.3, -0.25) is 0 Å². The van der Waals surface area contributed by atoms with E-state index in [9.17, 15) is 8.78 Å². The summed E-state index contributed by atoms with van der Waals surface area (Å²) < 4.78 is 38.5. The molecular formula is C18H22F2O2. The maximum atomic E-state index is 13.6. The first kappa shape index (κ1) is 15.6. The van der Waals surface area contributed by atoms with E-state index in [4.69, 9.17) is 9.47 Å². The molecule has 1 aliphatic carbocycles. The van der Waals surface area contributed by atoms with E-state index in [1.165, 1.54) is 6.07 Å². The van der Waals surface area contributed by atoms with Crippen LogP contribution in [0.25, 0.3) is 5.57 Å². The second-order valence-electron chi connectivity index (χ2n) is 6.49. The Morgan fingerprint density at radius 3 is 2.45 bits per heavy atom. The van der Waals surface area contributed by atoms with Crippen molar-refractivity contribution in [3.8, 4) is 0 Å². The lowest BCUT2D eigenvalue weighted by molar-refractivity contribution is -0.222. The summed E-state index contributed by atoms with van der Waals surface area (Å²) in [6.07, 6.45) is 4.63. The summed E-state index contributed by atoms with van der Waals surface area (Å²) in [6, 6.07) is 3.02. The number of rotatable bonds is 2. The minimum Gasteiger partial charge on any atom is -0.352 e. The molecular weight excluding hydrogens is 286 g/mol. The SMILES string of the molecule is Cc1cc(C2=CCC(C3OCC(C)CO3)CC2)cc(F)c1F. The molecule has 4 heteroatoms. The molecule has 0 saturated carbocycles. The zero-order valence-electron chi connectivity index (χ0n) is 13.1. The van der Waals surface area contributed by atoms with Crippen LogP contribution >= 0.6 is 0 Å². The van der Waals surface area contributed by atoms with Crippen LogP contribution in [-0.2, 0) is 9.47 Å². The van der Waals surface area contributed by atoms with Gasteiger partial charge in [-0.15, -0.1) is 0 Å². The number of hydrogen-bond donors (Lipinski definition) is 0. The van der Waals surface area contributed by atoms with Crippen molar-refractivity contribution in [3.63, 3.8) is 0 Å². The smallest absolute Gasteiger partial charge is 0.161 e. The largest absolute Gasteiger partial charge is 0.352 e. The fourth-order valence-corrected chi connectivity index (χ4v) is 3.16. The minimum atomic E-state index is -0.772. The number of halogens is 2. The van der Waals surface area contributed by atoms with Gasteiger partial charge in [0.25, 0.3) is 0 Å². The van der Waals surface area contributed by atoms with Crippen LogP contribution in [0.15, 0.2) is 18.2 Å². The van der Waals surface area contributed by atoms with Crippen molar-refractivity contribution >= 4 is 5.57 Å². The minimum absolute atomic E-state index is 0.124. The molecule has 2 nitrogen and oxygen atoms in total. The van der Waals surface area contributed by atoms with Crippen molar-refractivity contribution in [1.82, 2.24) is 0 Å². The number of ether oxygens (including phenoxy) is 2. The lowest BCUT2D eigenvalue weighted by atomic mass is 9.85. The van der Waals surface area contributed by atoms with Crippen LogP contribution in [0.2, 0.25) is 0 Å². The maximum Gasteiger partial charge on any atom is 0.161 e. The fraction of sp³-hybridized carbons (Fsp3) is 0.556. The van der Waals surface area contributed by atoms with Crippen LogP contribution in [0.3, 0.4) is 0 Å². The second-order valence-corrected chi connectivity index (χ2v) is 6.49. The molecule has 0 radical (unpaired) electrons. The van der Waals surface area contributed by atoms with Crippen molar-refractivity contribution in [2.45, 2.75) is 39.4 Å². The van der Waals surface area contributed by atoms with Crippen LogP contribution in [0.1, 0.15) is 37.3 Å². The predicted molar refractivity (Wildman–Crippen MR) is 81.3 cm³/mol. The Morgan fingerprint density at radius 2 is 1.86 bits per heavy atom. The summed E-state index contributed by atoms with van der Waals surface area (Å²) >= 11 is 0. The lowest BCUT2D eigenvalue weighted by Crippen LogP contribution is -2.36. The standard InChI is InChI=1S/C18H22F2O2/c1-11-9-21-18(22-10-11)14-5-3-13(4-6-14)15-7-12(2)17(20)16(19)8-15/h3,7-8,11,14,18H,4-6,9-10H2,1-2H3. The molecule has 120 valence electrons. The van der Waals surface area contributed by atoms with E-state index < -0.39 is 11.6 Å². The Kier molecular flexibility index (Phi) is 4.59. The predicted octanol–water partition coefficient (Wildman–Crippen LogP) is 4.47. The highest BCUT2D eigenvalue weighted by Crippen LogP contribution is 2.35. The molecule has 0 spiro atoms. The van der Waals surface area contributed by atoms with Crippen LogP contribution in [-0.4, -0.2) is 19.5 Å². The van der Waals surface area contributed by atoms with E-state index >= 15 is 0 Å². The third-order valence-corrected chi connectivity index (χ3v) is 4.51. The summed E-state index contributed by atoms with van der Waals surface area (Å²) in [5, 5.41) is 0. The third kappa shape index (κ3) is 3.23. The normalized spacial score (nSPS) is 29.3. The summed E-state index contributed by atoms with van der Waals surface area (Å²) in [7, 11) is 0. The van der Waals surface area contributed by atoms with Crippen molar-refractivity contribution < 1.29 is 18.3 Å². The molecule has 0 N–H and O–H groups in total. The summed E-state index contributed by atoms with van der Waals surface area (Å²) in [5.74, 6) is -0.721. The van der Waals surface area contributed by atoms with Crippen molar-refractivity contribution in [2.24, 2.45) is 11.8 Å². The van der Waals surface area contributed by atoms with Gasteiger partial charge in [-0.1, -0.05) is 13.0 Å². The highest BCUT2D eigenvalue weighted by Gasteiger charge is 2.29. The quantitative estimate of drug-likeness (QED) is 0.803. The van der Waals surface area contributed by atoms with Crippen molar-refractivity contribution in [1.29, 1.82) is 0 Å². The zero-order chi connectivity index (χ0) is 15.7. The molecule has 0 amide bonds. The molecule has 0 bridgehead atoms. The molecule has 0 aromatic heterocycles. The first-order chi connectivity index (χ1) is 10.5. The number of benzene rings is 1. The monoisotopic (exact) mass is 308 g/mol. The van der Waals surface area contributed by atoms with Crippen molar-refractivity contribution in [2.75, 3.05) is 13.2 Å². The van der Waals surface area contributed by atoms with Crippen LogP contribution in [0.5, 0.6) is 0 Å². The Bertz CT molecular complexity index is 551. The number of hydrogen-bond acceptors (Lipinski definition) is 2. The Hall–Kier alpha value is -1.26. The fourth-order valence-electron chi connectivity index (χ4n) is 3.16. The highest BCUT2D eigenvalue weighted by molar-refractivity contribution is 5.67. The van der Waals surface area contributed by atoms with Crippen LogP contribution in [0.4, 0.5) is 8.78 Å². The van der Waals surface area contributed by atoms with Gasteiger partial charge in [0.1, 0.15) is 0 Å². The summed E-state index contributed by atoms with van der Waals surface area (Å²) in [4.78, 5) is 0. The maximum absolute atomic E-state index is 13.6. The van der Waals surface area contributed by atoms with Gasteiger partial charge in [0, 0.05) is 11.8 Å². The third-order valence-electron chi connectivity index (χ3n) is 4.51. The van der Waals surface area contributed by atoms with Crippen molar-refractivity contribution in [3.05, 3.63) is 41.0 Å². The first-order valence-electron chi connectivity index (χ1n) is 7.93. The summed E-state index contributed by atoms with van der Waals surface area (Å²) in [5.41, 5.74) is 2.22. The van der Waals surface area contributed by atoms with Gasteiger partial charge in [0.15, 0.2) is 17.9 Å². The number of aryl methyl sites for hydroxylation is 1. The molecule has 1 aromatic carbocycles. The lowest BCUT2D eigenvalue weighted by Gasteiger charge is -2.34. The molecule has 1 atom stereocenters. The first-order valence-corrected chi connectivity index (χ1v) is 7.93. The van der Waals surface area contributed by atoms with Gasteiger partial charge >= 0.3 is 0 Å². The molecule has 1 fully saturated rings. The molecule has 22 heavy (non-hydrogen) atoms. The average Bonchev–Trinajstić information content (AvgIpc) is 2.53. The highest BCUT2D eigenvalue weighted by atomic mass is 19.2. The van der Waals surface area contributed by atoms with Crippen LogP contribution < -0.4 is 0 Å². The van der Waals surface area contributed by atoms with Crippen LogP contribution in [0, 0.1) is 30.4 Å². The van der Waals surface area contributed by atoms with E-state index in [0.29, 0.717) is 17.4 Å². The van der Waals surface area contributed by atoms with E-state index in [0.717, 1.165) is 43.6 Å². The molecule has 1 unspecified atom stereocenters. The molecule has 1 aromatic rings. The summed E-state index contributed by atoms with van der Waals surface area (Å²) in [6.45, 7) is 5.21. The Labute approximate surface area is 130 Å². The average molecular weight is 308 g/mol. The Balaban J connectivity index is 1.69. The molecule has 3 rings (SSSR count). The van der Waals surface area contributed by atoms with E-state index in [2.05, 4.69) is 13.0 Å². The van der Waals surface area contributed by atoms with Gasteiger partial charge in [-0.25, -0.2) is 8.78 Å².